The zero-order chi connectivity index (χ0) is 17.2. The van der Waals surface area contributed by atoms with Crippen LogP contribution in [0.4, 0.5) is 0 Å². The van der Waals surface area contributed by atoms with E-state index in [1.807, 2.05) is 45.9 Å². The summed E-state index contributed by atoms with van der Waals surface area (Å²) in [4.78, 5) is 14.4. The van der Waals surface area contributed by atoms with Gasteiger partial charge in [-0.25, -0.2) is 8.42 Å². The van der Waals surface area contributed by atoms with Crippen LogP contribution in [0.15, 0.2) is 30.3 Å². The fraction of sp³-hybridized carbons (Fsp3) is 0.611. The molecule has 0 radical (unpaired) electrons. The molecule has 4 nitrogen and oxygen atoms in total. The fourth-order valence-corrected chi connectivity index (χ4v) is 5.35. The molecule has 0 aromatic heterocycles. The van der Waals surface area contributed by atoms with E-state index >= 15 is 0 Å². The largest absolute Gasteiger partial charge is 0.336 e. The third-order valence-electron chi connectivity index (χ3n) is 4.54. The average Bonchev–Trinajstić information content (AvgIpc) is 2.72. The van der Waals surface area contributed by atoms with Crippen molar-refractivity contribution in [3.05, 3.63) is 35.9 Å². The van der Waals surface area contributed by atoms with Crippen LogP contribution in [0.25, 0.3) is 0 Å². The molecule has 1 aliphatic heterocycles. The Hall–Kier alpha value is -1.36. The predicted octanol–water partition coefficient (Wildman–Crippen LogP) is 2.85. The van der Waals surface area contributed by atoms with Crippen LogP contribution in [-0.2, 0) is 14.6 Å². The number of likely N-dealkylation sites (tertiary alicyclic amines) is 1. The van der Waals surface area contributed by atoms with Crippen molar-refractivity contribution in [3.63, 3.8) is 0 Å². The summed E-state index contributed by atoms with van der Waals surface area (Å²) in [5.41, 5.74) is 1.21. The van der Waals surface area contributed by atoms with Crippen LogP contribution in [0, 0.1) is 5.92 Å². The van der Waals surface area contributed by atoms with E-state index in [4.69, 9.17) is 0 Å². The molecule has 1 aromatic rings. The molecule has 1 saturated heterocycles. The number of nitrogens with zero attached hydrogens (tertiary/aromatic N) is 1. The van der Waals surface area contributed by atoms with E-state index in [1.54, 1.807) is 4.90 Å². The van der Waals surface area contributed by atoms with E-state index < -0.39 is 9.84 Å². The van der Waals surface area contributed by atoms with Gasteiger partial charge in [-0.05, 0) is 31.7 Å². The molecule has 0 saturated carbocycles. The third kappa shape index (κ3) is 4.34. The predicted molar refractivity (Wildman–Crippen MR) is 93.1 cm³/mol. The molecule has 5 heteroatoms. The highest BCUT2D eigenvalue weighted by Crippen LogP contribution is 2.37. The maximum absolute atomic E-state index is 12.6. The van der Waals surface area contributed by atoms with Gasteiger partial charge >= 0.3 is 0 Å². The molecule has 1 aromatic carbocycles. The number of sulfone groups is 1. The van der Waals surface area contributed by atoms with Crippen molar-refractivity contribution in [2.45, 2.75) is 52.1 Å². The van der Waals surface area contributed by atoms with Gasteiger partial charge in [0, 0.05) is 18.0 Å². The maximum atomic E-state index is 12.6. The average molecular weight is 337 g/mol. The minimum atomic E-state index is -3.34. The lowest BCUT2D eigenvalue weighted by Gasteiger charge is -2.28. The lowest BCUT2D eigenvalue weighted by atomic mass is 9.92. The molecule has 0 spiro atoms. The molecule has 1 aliphatic rings. The van der Waals surface area contributed by atoms with Crippen LogP contribution in [-0.4, -0.2) is 42.8 Å². The summed E-state index contributed by atoms with van der Waals surface area (Å²) in [7, 11) is -3.34. The van der Waals surface area contributed by atoms with Crippen molar-refractivity contribution in [2.24, 2.45) is 5.92 Å². The van der Waals surface area contributed by atoms with Gasteiger partial charge in [0.2, 0.25) is 5.91 Å². The summed E-state index contributed by atoms with van der Waals surface area (Å²) in [5, 5.41) is 0. The number of carbonyl (C=O) groups excluding carboxylic acids is 1. The number of benzene rings is 1. The maximum Gasteiger partial charge on any atom is 0.238 e. The Bertz CT molecular complexity index is 639. The zero-order valence-corrected chi connectivity index (χ0v) is 15.2. The molecule has 0 aliphatic carbocycles. The summed E-state index contributed by atoms with van der Waals surface area (Å²) in [6, 6.07) is 10.2. The van der Waals surface area contributed by atoms with Crippen LogP contribution in [0.2, 0.25) is 0 Å². The second kappa shape index (κ2) is 7.04. The summed E-state index contributed by atoms with van der Waals surface area (Å²) >= 11 is 0. The summed E-state index contributed by atoms with van der Waals surface area (Å²) in [6.45, 7) is 7.74. The highest BCUT2D eigenvalue weighted by molar-refractivity contribution is 7.92. The molecule has 1 heterocycles. The molecule has 1 amide bonds. The number of hydrogen-bond acceptors (Lipinski definition) is 3. The van der Waals surface area contributed by atoms with Crippen LogP contribution >= 0.6 is 0 Å². The first-order valence-electron chi connectivity index (χ1n) is 8.28. The molecule has 0 N–H and O–H groups in total. The lowest BCUT2D eigenvalue weighted by molar-refractivity contribution is -0.130. The number of carbonyl (C=O) groups is 1. The number of amides is 1. The quantitative estimate of drug-likeness (QED) is 0.830. The minimum Gasteiger partial charge on any atom is -0.336 e. The van der Waals surface area contributed by atoms with Gasteiger partial charge in [-0.3, -0.25) is 4.79 Å². The van der Waals surface area contributed by atoms with Crippen molar-refractivity contribution in [2.75, 3.05) is 11.5 Å². The first kappa shape index (κ1) is 18.0. The van der Waals surface area contributed by atoms with Crippen molar-refractivity contribution in [1.82, 2.24) is 4.90 Å². The Morgan fingerprint density at radius 2 is 1.83 bits per heavy atom. The third-order valence-corrected chi connectivity index (χ3v) is 6.40. The molecule has 0 unspecified atom stereocenters. The molecule has 0 bridgehead atoms. The summed E-state index contributed by atoms with van der Waals surface area (Å²) in [6.07, 6.45) is 0.876. The molecule has 23 heavy (non-hydrogen) atoms. The van der Waals surface area contributed by atoms with Gasteiger partial charge < -0.3 is 4.90 Å². The topological polar surface area (TPSA) is 54.5 Å². The highest BCUT2D eigenvalue weighted by atomic mass is 32.2. The van der Waals surface area contributed by atoms with Crippen molar-refractivity contribution >= 4 is 15.7 Å². The van der Waals surface area contributed by atoms with Crippen molar-refractivity contribution < 1.29 is 13.2 Å². The van der Waals surface area contributed by atoms with Crippen LogP contribution in [0.1, 0.15) is 45.6 Å². The minimum absolute atomic E-state index is 0.0224. The smallest absolute Gasteiger partial charge is 0.238 e. The molecular weight excluding hydrogens is 310 g/mol. The van der Waals surface area contributed by atoms with Gasteiger partial charge in [-0.2, -0.15) is 0 Å². The Labute approximate surface area is 139 Å². The Morgan fingerprint density at radius 3 is 2.39 bits per heavy atom. The van der Waals surface area contributed by atoms with Crippen LogP contribution < -0.4 is 0 Å². The van der Waals surface area contributed by atoms with Gasteiger partial charge in [-0.15, -0.1) is 0 Å². The zero-order valence-electron chi connectivity index (χ0n) is 14.4. The van der Waals surface area contributed by atoms with E-state index in [0.717, 1.165) is 6.42 Å². The van der Waals surface area contributed by atoms with E-state index in [9.17, 15) is 13.2 Å². The van der Waals surface area contributed by atoms with Crippen molar-refractivity contribution in [1.29, 1.82) is 0 Å². The standard InChI is InChI=1S/C18H27NO3S/c1-13(2)11-23(21,22)12-18(20)19-14(3)10-17(15(19)4)16-8-6-5-7-9-16/h5-9,13-15,17H,10-12H2,1-4H3/t14-,15+,17+/m1/s1. The molecule has 3 atom stereocenters. The van der Waals surface area contributed by atoms with Gasteiger partial charge in [0.25, 0.3) is 0 Å². The second-order valence-corrected chi connectivity index (χ2v) is 9.20. The van der Waals surface area contributed by atoms with Crippen LogP contribution in [0.5, 0.6) is 0 Å². The first-order chi connectivity index (χ1) is 10.7. The monoisotopic (exact) mass is 337 g/mol. The summed E-state index contributed by atoms with van der Waals surface area (Å²) < 4.78 is 24.3. The van der Waals surface area contributed by atoms with E-state index in [1.165, 1.54) is 5.56 Å². The van der Waals surface area contributed by atoms with Crippen LogP contribution in [0.3, 0.4) is 0 Å². The molecule has 1 fully saturated rings. The summed E-state index contributed by atoms with van der Waals surface area (Å²) in [5.74, 6) is -0.260. The normalized spacial score (nSPS) is 25.1. The van der Waals surface area contributed by atoms with Crippen molar-refractivity contribution in [3.8, 4) is 0 Å². The fourth-order valence-electron chi connectivity index (χ4n) is 3.69. The molecular formula is C18H27NO3S. The van der Waals surface area contributed by atoms with E-state index in [0.29, 0.717) is 0 Å². The highest BCUT2D eigenvalue weighted by Gasteiger charge is 2.40. The Kier molecular flexibility index (Phi) is 5.50. The number of hydrogen-bond donors (Lipinski definition) is 0. The first-order valence-corrected chi connectivity index (χ1v) is 10.1. The van der Waals surface area contributed by atoms with Gasteiger partial charge in [0.05, 0.1) is 5.75 Å². The van der Waals surface area contributed by atoms with E-state index in [-0.39, 0.29) is 41.3 Å². The number of rotatable bonds is 5. The molecule has 2 rings (SSSR count). The van der Waals surface area contributed by atoms with E-state index in [2.05, 4.69) is 12.1 Å². The SMILES string of the molecule is CC(C)CS(=O)(=O)CC(=O)N1[C@H](C)C[C@H](c2ccccc2)[C@@H]1C. The van der Waals surface area contributed by atoms with Gasteiger partial charge in [-0.1, -0.05) is 44.2 Å². The Balaban J connectivity index is 2.12. The lowest BCUT2D eigenvalue weighted by Crippen LogP contribution is -2.43. The van der Waals surface area contributed by atoms with Gasteiger partial charge in [0.1, 0.15) is 5.75 Å². The second-order valence-electron chi connectivity index (χ2n) is 7.09. The Morgan fingerprint density at radius 1 is 1.22 bits per heavy atom. The van der Waals surface area contributed by atoms with Gasteiger partial charge in [0.15, 0.2) is 9.84 Å². The molecule has 128 valence electrons.